The molecular formula is C12H15N. The molecule has 1 spiro atoms. The van der Waals surface area contributed by atoms with Gasteiger partial charge < -0.3 is 5.32 Å². The fourth-order valence-electron chi connectivity index (χ4n) is 2.58. The number of benzene rings is 1. The third-order valence-corrected chi connectivity index (χ3v) is 3.51. The molecule has 1 aliphatic carbocycles. The zero-order chi connectivity index (χ0) is 8.89. The first-order valence-electron chi connectivity index (χ1n) is 5.16. The van der Waals surface area contributed by atoms with Crippen LogP contribution in [0.25, 0.3) is 0 Å². The number of hydrogen-bond acceptors (Lipinski definition) is 1. The van der Waals surface area contributed by atoms with E-state index in [2.05, 4.69) is 30.4 Å². The predicted octanol–water partition coefficient (Wildman–Crippen LogP) is 2.13. The lowest BCUT2D eigenvalue weighted by atomic mass is 9.89. The van der Waals surface area contributed by atoms with Crippen molar-refractivity contribution in [3.8, 4) is 0 Å². The minimum atomic E-state index is 0.402. The number of aryl methyl sites for hydroxylation is 1. The summed E-state index contributed by atoms with van der Waals surface area (Å²) in [7, 11) is 0. The molecule has 1 aromatic rings. The second-order valence-electron chi connectivity index (χ2n) is 4.36. The predicted molar refractivity (Wildman–Crippen MR) is 53.8 cm³/mol. The van der Waals surface area contributed by atoms with Crippen LogP contribution in [0.15, 0.2) is 18.2 Å². The van der Waals surface area contributed by atoms with E-state index in [1.807, 2.05) is 0 Å². The Bertz CT molecular complexity index is 350. The van der Waals surface area contributed by atoms with E-state index in [1.165, 1.54) is 24.8 Å². The van der Waals surface area contributed by atoms with Gasteiger partial charge in [0.2, 0.25) is 0 Å². The van der Waals surface area contributed by atoms with Crippen molar-refractivity contribution in [1.82, 2.24) is 5.32 Å². The third kappa shape index (κ3) is 0.969. The highest BCUT2D eigenvalue weighted by Crippen LogP contribution is 2.48. The monoisotopic (exact) mass is 173 g/mol. The maximum atomic E-state index is 3.65. The third-order valence-electron chi connectivity index (χ3n) is 3.51. The van der Waals surface area contributed by atoms with Gasteiger partial charge in [0.05, 0.1) is 0 Å². The number of hydrogen-bond donors (Lipinski definition) is 1. The highest BCUT2D eigenvalue weighted by Gasteiger charge is 2.46. The zero-order valence-corrected chi connectivity index (χ0v) is 8.06. The normalized spacial score (nSPS) is 22.8. The van der Waals surface area contributed by atoms with Crippen molar-refractivity contribution in [2.75, 3.05) is 6.54 Å². The summed E-state index contributed by atoms with van der Waals surface area (Å²) < 4.78 is 0. The number of nitrogens with one attached hydrogen (secondary N) is 1. The average molecular weight is 173 g/mol. The SMILES string of the molecule is Cc1cccc2c1CCNC21CC1. The molecule has 0 bridgehead atoms. The minimum absolute atomic E-state index is 0.402. The Morgan fingerprint density at radius 2 is 2.15 bits per heavy atom. The van der Waals surface area contributed by atoms with Gasteiger partial charge in [0.15, 0.2) is 0 Å². The van der Waals surface area contributed by atoms with E-state index >= 15 is 0 Å². The van der Waals surface area contributed by atoms with Crippen LogP contribution in [0, 0.1) is 6.92 Å². The van der Waals surface area contributed by atoms with Crippen molar-refractivity contribution >= 4 is 0 Å². The molecule has 1 nitrogen and oxygen atoms in total. The first-order chi connectivity index (χ1) is 6.32. The summed E-state index contributed by atoms with van der Waals surface area (Å²) in [4.78, 5) is 0. The van der Waals surface area contributed by atoms with E-state index in [1.54, 1.807) is 11.1 Å². The van der Waals surface area contributed by atoms with Gasteiger partial charge >= 0.3 is 0 Å². The molecule has 0 amide bonds. The highest BCUT2D eigenvalue weighted by molar-refractivity contribution is 5.44. The van der Waals surface area contributed by atoms with Crippen LogP contribution in [0.5, 0.6) is 0 Å². The molecule has 0 atom stereocenters. The lowest BCUT2D eigenvalue weighted by molar-refractivity contribution is 0.488. The molecular weight excluding hydrogens is 158 g/mol. The quantitative estimate of drug-likeness (QED) is 0.633. The van der Waals surface area contributed by atoms with Crippen molar-refractivity contribution in [2.45, 2.75) is 31.7 Å². The molecule has 3 rings (SSSR count). The second kappa shape index (κ2) is 2.36. The van der Waals surface area contributed by atoms with Crippen LogP contribution in [0.4, 0.5) is 0 Å². The Labute approximate surface area is 79.2 Å². The lowest BCUT2D eigenvalue weighted by Gasteiger charge is -2.28. The summed E-state index contributed by atoms with van der Waals surface area (Å²) >= 11 is 0. The van der Waals surface area contributed by atoms with E-state index in [0.717, 1.165) is 6.54 Å². The summed E-state index contributed by atoms with van der Waals surface area (Å²) in [5.41, 5.74) is 5.07. The Morgan fingerprint density at radius 1 is 1.31 bits per heavy atom. The van der Waals surface area contributed by atoms with Crippen molar-refractivity contribution in [2.24, 2.45) is 0 Å². The van der Waals surface area contributed by atoms with Gasteiger partial charge in [-0.3, -0.25) is 0 Å². The lowest BCUT2D eigenvalue weighted by Crippen LogP contribution is -2.36. The largest absolute Gasteiger partial charge is 0.307 e. The van der Waals surface area contributed by atoms with Gasteiger partial charge in [-0.2, -0.15) is 0 Å². The van der Waals surface area contributed by atoms with Crippen molar-refractivity contribution in [3.63, 3.8) is 0 Å². The van der Waals surface area contributed by atoms with Gasteiger partial charge in [-0.15, -0.1) is 0 Å². The molecule has 1 aromatic carbocycles. The molecule has 0 unspecified atom stereocenters. The molecule has 1 heteroatoms. The summed E-state index contributed by atoms with van der Waals surface area (Å²) in [6.45, 7) is 3.40. The van der Waals surface area contributed by atoms with E-state index < -0.39 is 0 Å². The van der Waals surface area contributed by atoms with Crippen molar-refractivity contribution < 1.29 is 0 Å². The summed E-state index contributed by atoms with van der Waals surface area (Å²) in [5, 5.41) is 3.65. The maximum absolute atomic E-state index is 3.65. The molecule has 1 N–H and O–H groups in total. The molecule has 0 radical (unpaired) electrons. The fourth-order valence-corrected chi connectivity index (χ4v) is 2.58. The Balaban J connectivity index is 2.19. The standard InChI is InChI=1S/C12H15N/c1-9-3-2-4-11-10(9)5-8-13-12(11)6-7-12/h2-4,13H,5-8H2,1H3. The Kier molecular flexibility index (Phi) is 1.37. The average Bonchev–Trinajstić information content (AvgIpc) is 2.89. The highest BCUT2D eigenvalue weighted by atomic mass is 15.0. The first kappa shape index (κ1) is 7.57. The van der Waals surface area contributed by atoms with E-state index in [9.17, 15) is 0 Å². The molecule has 68 valence electrons. The van der Waals surface area contributed by atoms with Crippen LogP contribution in [0.1, 0.15) is 29.5 Å². The van der Waals surface area contributed by atoms with E-state index in [4.69, 9.17) is 0 Å². The molecule has 1 fully saturated rings. The van der Waals surface area contributed by atoms with Crippen LogP contribution >= 0.6 is 0 Å². The van der Waals surface area contributed by atoms with Gasteiger partial charge in [-0.1, -0.05) is 18.2 Å². The van der Waals surface area contributed by atoms with Crippen molar-refractivity contribution in [1.29, 1.82) is 0 Å². The molecule has 0 saturated heterocycles. The van der Waals surface area contributed by atoms with Crippen LogP contribution in [-0.4, -0.2) is 6.54 Å². The molecule has 2 aliphatic rings. The van der Waals surface area contributed by atoms with Crippen LogP contribution in [0.2, 0.25) is 0 Å². The van der Waals surface area contributed by atoms with Gasteiger partial charge in [-0.05, 0) is 42.9 Å². The fraction of sp³-hybridized carbons (Fsp3) is 0.500. The Morgan fingerprint density at radius 3 is 2.92 bits per heavy atom. The molecule has 1 heterocycles. The van der Waals surface area contributed by atoms with E-state index in [-0.39, 0.29) is 0 Å². The summed E-state index contributed by atoms with van der Waals surface area (Å²) in [6, 6.07) is 6.74. The smallest absolute Gasteiger partial charge is 0.0439 e. The van der Waals surface area contributed by atoms with E-state index in [0.29, 0.717) is 5.54 Å². The molecule has 0 aromatic heterocycles. The molecule has 1 saturated carbocycles. The van der Waals surface area contributed by atoms with Gasteiger partial charge in [0, 0.05) is 12.1 Å². The van der Waals surface area contributed by atoms with Crippen LogP contribution in [-0.2, 0) is 12.0 Å². The number of rotatable bonds is 0. The molecule has 13 heavy (non-hydrogen) atoms. The van der Waals surface area contributed by atoms with Gasteiger partial charge in [0.1, 0.15) is 0 Å². The molecule has 1 aliphatic heterocycles. The minimum Gasteiger partial charge on any atom is -0.307 e. The summed E-state index contributed by atoms with van der Waals surface area (Å²) in [6.07, 6.45) is 3.89. The topological polar surface area (TPSA) is 12.0 Å². The first-order valence-corrected chi connectivity index (χ1v) is 5.16. The Hall–Kier alpha value is -0.820. The summed E-state index contributed by atoms with van der Waals surface area (Å²) in [5.74, 6) is 0. The van der Waals surface area contributed by atoms with Crippen LogP contribution < -0.4 is 5.32 Å². The number of fused-ring (bicyclic) bond motifs is 2. The zero-order valence-electron chi connectivity index (χ0n) is 8.06. The van der Waals surface area contributed by atoms with Crippen molar-refractivity contribution in [3.05, 3.63) is 34.9 Å². The maximum Gasteiger partial charge on any atom is 0.0439 e. The van der Waals surface area contributed by atoms with Gasteiger partial charge in [-0.25, -0.2) is 0 Å². The van der Waals surface area contributed by atoms with Gasteiger partial charge in [0.25, 0.3) is 0 Å². The van der Waals surface area contributed by atoms with Crippen LogP contribution in [0.3, 0.4) is 0 Å². The second-order valence-corrected chi connectivity index (χ2v) is 4.36.